The lowest BCUT2D eigenvalue weighted by Crippen LogP contribution is -2.12. The SMILES string of the molecule is Cc1nn(C(C)c2nc3c4c(C)c(C)sc4ncn3n2)c(C)c1[N+](=O)[O-]. The molecule has 4 aromatic heterocycles. The second-order valence-corrected chi connectivity index (χ2v) is 7.55. The molecule has 9 nitrogen and oxygen atoms in total. The largest absolute Gasteiger partial charge is 0.312 e. The highest BCUT2D eigenvalue weighted by Crippen LogP contribution is 2.32. The lowest BCUT2D eigenvalue weighted by molar-refractivity contribution is -0.386. The minimum absolute atomic E-state index is 0.0361. The molecule has 0 aliphatic heterocycles. The summed E-state index contributed by atoms with van der Waals surface area (Å²) in [6, 6.07) is -0.336. The van der Waals surface area contributed by atoms with Crippen LogP contribution in [0.5, 0.6) is 0 Å². The summed E-state index contributed by atoms with van der Waals surface area (Å²) in [4.78, 5) is 22.2. The van der Waals surface area contributed by atoms with Crippen molar-refractivity contribution in [3.05, 3.63) is 44.1 Å². The number of thiophene rings is 1. The van der Waals surface area contributed by atoms with E-state index in [1.165, 1.54) is 4.88 Å². The van der Waals surface area contributed by atoms with Gasteiger partial charge in [0.2, 0.25) is 0 Å². The molecule has 0 fully saturated rings. The first-order valence-electron chi connectivity index (χ1n) is 8.10. The molecule has 4 aromatic rings. The van der Waals surface area contributed by atoms with Crippen molar-refractivity contribution in [1.82, 2.24) is 29.4 Å². The van der Waals surface area contributed by atoms with Gasteiger partial charge in [0.25, 0.3) is 0 Å². The van der Waals surface area contributed by atoms with E-state index in [9.17, 15) is 10.1 Å². The molecule has 1 atom stereocenters. The average Bonchev–Trinajstić information content (AvgIpc) is 3.21. The van der Waals surface area contributed by atoms with Gasteiger partial charge in [0, 0.05) is 4.88 Å². The van der Waals surface area contributed by atoms with Gasteiger partial charge < -0.3 is 0 Å². The van der Waals surface area contributed by atoms with E-state index in [4.69, 9.17) is 4.98 Å². The molecule has 0 aliphatic carbocycles. The summed E-state index contributed by atoms with van der Waals surface area (Å²) in [5, 5.41) is 21.1. The molecule has 0 aliphatic rings. The highest BCUT2D eigenvalue weighted by atomic mass is 32.1. The Bertz CT molecular complexity index is 1190. The van der Waals surface area contributed by atoms with Crippen LogP contribution in [-0.2, 0) is 0 Å². The van der Waals surface area contributed by atoms with Crippen LogP contribution in [0.25, 0.3) is 15.9 Å². The first-order valence-corrected chi connectivity index (χ1v) is 8.92. The van der Waals surface area contributed by atoms with Crippen molar-refractivity contribution < 1.29 is 4.92 Å². The third-order valence-corrected chi connectivity index (χ3v) is 5.85. The molecule has 10 heteroatoms. The predicted octanol–water partition coefficient (Wildman–Crippen LogP) is 3.29. The van der Waals surface area contributed by atoms with E-state index in [1.54, 1.807) is 40.7 Å². The molecule has 4 heterocycles. The van der Waals surface area contributed by atoms with Crippen molar-refractivity contribution in [2.24, 2.45) is 0 Å². The van der Waals surface area contributed by atoms with Crippen LogP contribution in [0.1, 0.15) is 40.6 Å². The average molecular weight is 371 g/mol. The van der Waals surface area contributed by atoms with E-state index in [-0.39, 0.29) is 11.7 Å². The number of rotatable bonds is 3. The standard InChI is InChI=1S/C16H17N7O2S/c1-7-11(5)26-16-12(7)15-18-14(20-21(15)6-17-16)10(4)22-9(3)13(23(24)25)8(2)19-22/h6,10H,1-5H3. The van der Waals surface area contributed by atoms with E-state index in [2.05, 4.69) is 29.0 Å². The zero-order valence-electron chi connectivity index (χ0n) is 15.0. The van der Waals surface area contributed by atoms with Crippen LogP contribution in [0.15, 0.2) is 6.33 Å². The van der Waals surface area contributed by atoms with Crippen LogP contribution in [0, 0.1) is 37.8 Å². The summed E-state index contributed by atoms with van der Waals surface area (Å²) in [7, 11) is 0. The van der Waals surface area contributed by atoms with Crippen molar-refractivity contribution in [1.29, 1.82) is 0 Å². The molecule has 0 amide bonds. The molecule has 0 saturated carbocycles. The van der Waals surface area contributed by atoms with Gasteiger partial charge in [-0.2, -0.15) is 5.10 Å². The Morgan fingerprint density at radius 2 is 1.96 bits per heavy atom. The van der Waals surface area contributed by atoms with Crippen LogP contribution >= 0.6 is 11.3 Å². The first-order chi connectivity index (χ1) is 12.3. The molecule has 134 valence electrons. The molecule has 0 aromatic carbocycles. The predicted molar refractivity (Wildman–Crippen MR) is 97.8 cm³/mol. The molecule has 0 radical (unpaired) electrons. The van der Waals surface area contributed by atoms with Crippen LogP contribution < -0.4 is 0 Å². The fraction of sp³-hybridized carbons (Fsp3) is 0.375. The molecule has 4 rings (SSSR count). The highest BCUT2D eigenvalue weighted by Gasteiger charge is 2.27. The lowest BCUT2D eigenvalue weighted by atomic mass is 10.2. The van der Waals surface area contributed by atoms with Crippen molar-refractivity contribution >= 4 is 32.9 Å². The number of hydrogen-bond donors (Lipinski definition) is 0. The Morgan fingerprint density at radius 3 is 2.62 bits per heavy atom. The Morgan fingerprint density at radius 1 is 1.23 bits per heavy atom. The van der Waals surface area contributed by atoms with Gasteiger partial charge >= 0.3 is 5.69 Å². The van der Waals surface area contributed by atoms with Gasteiger partial charge in [0.05, 0.1) is 10.3 Å². The number of nitro groups is 1. The summed E-state index contributed by atoms with van der Waals surface area (Å²) in [5.74, 6) is 0.544. The Kier molecular flexibility index (Phi) is 3.55. The highest BCUT2D eigenvalue weighted by molar-refractivity contribution is 7.18. The maximum absolute atomic E-state index is 11.3. The first kappa shape index (κ1) is 16.6. The second kappa shape index (κ2) is 5.56. The Labute approximate surface area is 152 Å². The summed E-state index contributed by atoms with van der Waals surface area (Å²) in [6.07, 6.45) is 1.65. The van der Waals surface area contributed by atoms with Crippen LogP contribution in [0.4, 0.5) is 5.69 Å². The summed E-state index contributed by atoms with van der Waals surface area (Å²) in [6.45, 7) is 9.33. The molecular formula is C16H17N7O2S. The summed E-state index contributed by atoms with van der Waals surface area (Å²) >= 11 is 1.63. The van der Waals surface area contributed by atoms with Gasteiger partial charge in [0.1, 0.15) is 28.6 Å². The van der Waals surface area contributed by atoms with Crippen LogP contribution in [-0.4, -0.2) is 34.3 Å². The molecule has 0 bridgehead atoms. The van der Waals surface area contributed by atoms with Gasteiger partial charge in [-0.15, -0.1) is 16.4 Å². The fourth-order valence-electron chi connectivity index (χ4n) is 3.24. The lowest BCUT2D eigenvalue weighted by Gasteiger charge is -2.09. The van der Waals surface area contributed by atoms with Crippen molar-refractivity contribution in [2.75, 3.05) is 0 Å². The van der Waals surface area contributed by atoms with E-state index in [0.717, 1.165) is 21.4 Å². The number of hydrogen-bond acceptors (Lipinski definition) is 7. The van der Waals surface area contributed by atoms with Crippen molar-refractivity contribution in [3.8, 4) is 0 Å². The molecule has 26 heavy (non-hydrogen) atoms. The summed E-state index contributed by atoms with van der Waals surface area (Å²) in [5.41, 5.74) is 2.81. The number of nitrogens with zero attached hydrogens (tertiary/aromatic N) is 7. The van der Waals surface area contributed by atoms with Crippen molar-refractivity contribution in [2.45, 2.75) is 40.7 Å². The van der Waals surface area contributed by atoms with Crippen LogP contribution in [0.2, 0.25) is 0 Å². The number of aryl methyl sites for hydroxylation is 3. The van der Waals surface area contributed by atoms with Gasteiger partial charge in [-0.25, -0.2) is 14.5 Å². The molecule has 0 saturated heterocycles. The minimum Gasteiger partial charge on any atom is -0.258 e. The smallest absolute Gasteiger partial charge is 0.258 e. The van der Waals surface area contributed by atoms with E-state index >= 15 is 0 Å². The van der Waals surface area contributed by atoms with Gasteiger partial charge in [-0.3, -0.25) is 14.8 Å². The number of fused-ring (bicyclic) bond motifs is 3. The van der Waals surface area contributed by atoms with E-state index < -0.39 is 4.92 Å². The zero-order valence-corrected chi connectivity index (χ0v) is 15.8. The monoisotopic (exact) mass is 371 g/mol. The minimum atomic E-state index is -0.400. The maximum Gasteiger partial charge on any atom is 0.312 e. The van der Waals surface area contributed by atoms with E-state index in [0.29, 0.717) is 17.2 Å². The molecule has 0 spiro atoms. The normalized spacial score (nSPS) is 13.0. The second-order valence-electron chi connectivity index (χ2n) is 6.34. The fourth-order valence-corrected chi connectivity index (χ4v) is 4.23. The van der Waals surface area contributed by atoms with E-state index in [1.807, 2.05) is 6.92 Å². The van der Waals surface area contributed by atoms with Gasteiger partial charge in [0.15, 0.2) is 11.5 Å². The third-order valence-electron chi connectivity index (χ3n) is 4.73. The molecule has 1 unspecified atom stereocenters. The van der Waals surface area contributed by atoms with Gasteiger partial charge in [-0.1, -0.05) is 0 Å². The maximum atomic E-state index is 11.3. The topological polar surface area (TPSA) is 104 Å². The quantitative estimate of drug-likeness (QED) is 0.404. The summed E-state index contributed by atoms with van der Waals surface area (Å²) < 4.78 is 3.27. The Balaban J connectivity index is 1.88. The molecule has 0 N–H and O–H groups in total. The van der Waals surface area contributed by atoms with Gasteiger partial charge in [-0.05, 0) is 40.2 Å². The zero-order chi connectivity index (χ0) is 18.7. The molecular weight excluding hydrogens is 354 g/mol. The van der Waals surface area contributed by atoms with Crippen molar-refractivity contribution in [3.63, 3.8) is 0 Å². The number of aromatic nitrogens is 6. The van der Waals surface area contributed by atoms with Crippen LogP contribution in [0.3, 0.4) is 0 Å². The third kappa shape index (κ3) is 2.22. The Hall–Kier alpha value is -2.88.